The summed E-state index contributed by atoms with van der Waals surface area (Å²) < 4.78 is 23.8. The van der Waals surface area contributed by atoms with E-state index in [2.05, 4.69) is 0 Å². The van der Waals surface area contributed by atoms with Crippen LogP contribution >= 0.6 is 0 Å². The van der Waals surface area contributed by atoms with E-state index in [1.165, 1.54) is 29.9 Å². The van der Waals surface area contributed by atoms with Crippen LogP contribution in [0.1, 0.15) is 10.4 Å². The van der Waals surface area contributed by atoms with E-state index in [-0.39, 0.29) is 10.5 Å². The summed E-state index contributed by atoms with van der Waals surface area (Å²) >= 11 is 0. The molecule has 1 rings (SSSR count). The van der Waals surface area contributed by atoms with Crippen molar-refractivity contribution in [1.82, 2.24) is 9.79 Å². The quantitative estimate of drug-likeness (QED) is 0.768. The molecule has 0 saturated carbocycles. The molecule has 0 radical (unpaired) electrons. The van der Waals surface area contributed by atoms with E-state index < -0.39 is 15.9 Å². The third-order valence-electron chi connectivity index (χ3n) is 2.50. The molecule has 8 heteroatoms. The number of nitrogens with one attached hydrogen (secondary N) is 1. The smallest absolute Gasteiger partial charge is 0.265 e. The van der Waals surface area contributed by atoms with E-state index >= 15 is 0 Å². The molecule has 0 aromatic heterocycles. The molecule has 7 nitrogen and oxygen atoms in total. The third kappa shape index (κ3) is 3.03. The molecule has 0 atom stereocenters. The van der Waals surface area contributed by atoms with Crippen molar-refractivity contribution in [3.8, 4) is 0 Å². The first-order valence-corrected chi connectivity index (χ1v) is 6.88. The monoisotopic (exact) mass is 287 g/mol. The second-order valence-electron chi connectivity index (χ2n) is 4.34. The molecule has 1 aromatic carbocycles. The van der Waals surface area contributed by atoms with Gasteiger partial charge < -0.3 is 15.0 Å². The zero-order valence-corrected chi connectivity index (χ0v) is 12.0. The van der Waals surface area contributed by atoms with E-state index in [0.717, 1.165) is 0 Å². The van der Waals surface area contributed by atoms with Crippen LogP contribution in [0.25, 0.3) is 0 Å². The average Bonchev–Trinajstić information content (AvgIpc) is 2.36. The van der Waals surface area contributed by atoms with E-state index in [4.69, 9.17) is 5.21 Å². The summed E-state index contributed by atoms with van der Waals surface area (Å²) in [5.41, 5.74) is 0.312. The highest BCUT2D eigenvalue weighted by Gasteiger charge is 2.27. The highest BCUT2D eigenvalue weighted by Crippen LogP contribution is 2.27. The Labute approximate surface area is 112 Å². The molecule has 0 aliphatic heterocycles. The summed E-state index contributed by atoms with van der Waals surface area (Å²) in [6.45, 7) is 0. The normalized spacial score (nSPS) is 11.2. The van der Waals surface area contributed by atoms with Gasteiger partial charge in [0.1, 0.15) is 4.90 Å². The Kier molecular flexibility index (Phi) is 4.51. The van der Waals surface area contributed by atoms with Crippen molar-refractivity contribution in [2.45, 2.75) is 4.90 Å². The maximum absolute atomic E-state index is 12.0. The van der Waals surface area contributed by atoms with Gasteiger partial charge in [0.15, 0.2) is 0 Å². The number of anilines is 1. The zero-order valence-electron chi connectivity index (χ0n) is 11.2. The van der Waals surface area contributed by atoms with Gasteiger partial charge in [0.25, 0.3) is 15.9 Å². The molecule has 0 aliphatic carbocycles. The van der Waals surface area contributed by atoms with Gasteiger partial charge in [0, 0.05) is 28.2 Å². The SMILES string of the molecule is CN(C)C(=O)c1cccc(N(C)C)c1S(=O)(=O)NO. The number of carbonyl (C=O) groups is 1. The fourth-order valence-electron chi connectivity index (χ4n) is 1.61. The summed E-state index contributed by atoms with van der Waals surface area (Å²) in [6.07, 6.45) is 0. The number of hydrogen-bond acceptors (Lipinski definition) is 5. The highest BCUT2D eigenvalue weighted by atomic mass is 32.2. The van der Waals surface area contributed by atoms with E-state index in [1.807, 2.05) is 0 Å². The number of rotatable bonds is 4. The van der Waals surface area contributed by atoms with Crippen molar-refractivity contribution < 1.29 is 18.4 Å². The lowest BCUT2D eigenvalue weighted by Gasteiger charge is -2.20. The van der Waals surface area contributed by atoms with Gasteiger partial charge in [0.05, 0.1) is 11.3 Å². The zero-order chi connectivity index (χ0) is 14.8. The molecule has 0 bridgehead atoms. The van der Waals surface area contributed by atoms with Crippen LogP contribution in [0.15, 0.2) is 23.1 Å². The van der Waals surface area contributed by atoms with Crippen LogP contribution in [0.4, 0.5) is 5.69 Å². The van der Waals surface area contributed by atoms with Gasteiger partial charge in [-0.05, 0) is 12.1 Å². The third-order valence-corrected chi connectivity index (χ3v) is 3.71. The number of carbonyl (C=O) groups excluding carboxylic acids is 1. The van der Waals surface area contributed by atoms with Gasteiger partial charge >= 0.3 is 0 Å². The maximum Gasteiger partial charge on any atom is 0.265 e. The predicted octanol–water partition coefficient (Wildman–Crippen LogP) is 0.122. The minimum Gasteiger partial charge on any atom is -0.377 e. The van der Waals surface area contributed by atoms with Gasteiger partial charge in [-0.1, -0.05) is 11.0 Å². The fourth-order valence-corrected chi connectivity index (χ4v) is 2.68. The Bertz CT molecular complexity index is 582. The molecule has 0 fully saturated rings. The van der Waals surface area contributed by atoms with Crippen LogP contribution < -0.4 is 9.79 Å². The lowest BCUT2D eigenvalue weighted by atomic mass is 10.1. The summed E-state index contributed by atoms with van der Waals surface area (Å²) in [5, 5.41) is 8.82. The second-order valence-corrected chi connectivity index (χ2v) is 5.94. The Morgan fingerprint density at radius 3 is 2.21 bits per heavy atom. The van der Waals surface area contributed by atoms with E-state index in [9.17, 15) is 13.2 Å². The van der Waals surface area contributed by atoms with E-state index in [0.29, 0.717) is 5.69 Å². The van der Waals surface area contributed by atoms with Crippen LogP contribution in [0.2, 0.25) is 0 Å². The number of hydrogen-bond donors (Lipinski definition) is 2. The van der Waals surface area contributed by atoms with Gasteiger partial charge in [-0.2, -0.15) is 0 Å². The molecule has 1 amide bonds. The van der Waals surface area contributed by atoms with Crippen LogP contribution in [-0.2, 0) is 10.0 Å². The predicted molar refractivity (Wildman–Crippen MR) is 70.9 cm³/mol. The first-order valence-electron chi connectivity index (χ1n) is 5.40. The van der Waals surface area contributed by atoms with Crippen molar-refractivity contribution in [1.29, 1.82) is 0 Å². The first-order chi connectivity index (χ1) is 8.72. The van der Waals surface area contributed by atoms with Gasteiger partial charge in [-0.25, -0.2) is 8.42 Å². The Morgan fingerprint density at radius 2 is 1.79 bits per heavy atom. The Morgan fingerprint density at radius 1 is 1.21 bits per heavy atom. The summed E-state index contributed by atoms with van der Waals surface area (Å²) in [6, 6.07) is 4.54. The van der Waals surface area contributed by atoms with Gasteiger partial charge in [-0.15, -0.1) is 0 Å². The Hall–Kier alpha value is -1.64. The fraction of sp³-hybridized carbons (Fsp3) is 0.364. The molecule has 0 spiro atoms. The van der Waals surface area contributed by atoms with Crippen molar-refractivity contribution >= 4 is 21.6 Å². The van der Waals surface area contributed by atoms with Crippen molar-refractivity contribution in [2.75, 3.05) is 33.1 Å². The molecular formula is C11H17N3O4S. The van der Waals surface area contributed by atoms with Gasteiger partial charge in [0.2, 0.25) is 0 Å². The van der Waals surface area contributed by atoms with Crippen LogP contribution in [0.5, 0.6) is 0 Å². The first kappa shape index (κ1) is 15.4. The average molecular weight is 287 g/mol. The van der Waals surface area contributed by atoms with Crippen LogP contribution in [0.3, 0.4) is 0 Å². The largest absolute Gasteiger partial charge is 0.377 e. The molecule has 2 N–H and O–H groups in total. The number of sulfonamides is 1. The lowest BCUT2D eigenvalue weighted by Crippen LogP contribution is -2.29. The maximum atomic E-state index is 12.0. The number of nitrogens with zero attached hydrogens (tertiary/aromatic N) is 2. The molecule has 0 saturated heterocycles. The summed E-state index contributed by atoms with van der Waals surface area (Å²) in [7, 11) is 2.17. The van der Waals surface area contributed by atoms with Crippen molar-refractivity contribution in [3.05, 3.63) is 23.8 Å². The number of benzene rings is 1. The minimum atomic E-state index is -4.17. The molecule has 0 heterocycles. The standard InChI is InChI=1S/C11H17N3O4S/c1-13(2)9-7-5-6-8(11(15)14(3)4)10(9)19(17,18)12-16/h5-7,12,16H,1-4H3. The molecular weight excluding hydrogens is 270 g/mol. The van der Waals surface area contributed by atoms with Gasteiger partial charge in [-0.3, -0.25) is 4.79 Å². The summed E-state index contributed by atoms with van der Waals surface area (Å²) in [4.78, 5) is 15.9. The lowest BCUT2D eigenvalue weighted by molar-refractivity contribution is 0.0824. The molecule has 1 aromatic rings. The minimum absolute atomic E-state index is 0.00208. The van der Waals surface area contributed by atoms with Crippen molar-refractivity contribution in [3.63, 3.8) is 0 Å². The van der Waals surface area contributed by atoms with E-state index in [1.54, 1.807) is 31.1 Å². The van der Waals surface area contributed by atoms with Crippen LogP contribution in [0, 0.1) is 0 Å². The molecule has 0 aliphatic rings. The molecule has 0 unspecified atom stereocenters. The molecule has 106 valence electrons. The Balaban J connectivity index is 3.67. The van der Waals surface area contributed by atoms with Crippen molar-refractivity contribution in [2.24, 2.45) is 0 Å². The topological polar surface area (TPSA) is 90.0 Å². The number of amides is 1. The van der Waals surface area contributed by atoms with Crippen LogP contribution in [-0.4, -0.2) is 52.6 Å². The molecule has 19 heavy (non-hydrogen) atoms. The second kappa shape index (κ2) is 5.55. The summed E-state index contributed by atoms with van der Waals surface area (Å²) in [5.74, 6) is -0.461. The highest BCUT2D eigenvalue weighted by molar-refractivity contribution is 7.89.